The summed E-state index contributed by atoms with van der Waals surface area (Å²) in [6, 6.07) is 4.58. The molecule has 2 heterocycles. The van der Waals surface area contributed by atoms with E-state index in [-0.39, 0.29) is 0 Å². The third-order valence-corrected chi connectivity index (χ3v) is 4.17. The van der Waals surface area contributed by atoms with Gasteiger partial charge in [0.2, 0.25) is 0 Å². The van der Waals surface area contributed by atoms with Gasteiger partial charge in [-0.25, -0.2) is 0 Å². The predicted octanol–water partition coefficient (Wildman–Crippen LogP) is 2.88. The molecule has 3 heteroatoms. The van der Waals surface area contributed by atoms with Crippen LogP contribution in [0.2, 0.25) is 0 Å². The Morgan fingerprint density at radius 1 is 1.44 bits per heavy atom. The third kappa shape index (κ3) is 3.85. The molecule has 3 nitrogen and oxygen atoms in total. The molecule has 1 aliphatic rings. The second-order valence-electron chi connectivity index (χ2n) is 5.45. The molecule has 1 saturated heterocycles. The van der Waals surface area contributed by atoms with Crippen molar-refractivity contribution in [3.63, 3.8) is 0 Å². The summed E-state index contributed by atoms with van der Waals surface area (Å²) in [6.07, 6.45) is 5.83. The molecule has 1 aliphatic heterocycles. The van der Waals surface area contributed by atoms with Gasteiger partial charge in [0.25, 0.3) is 0 Å². The first-order valence-electron chi connectivity index (χ1n) is 7.26. The lowest BCUT2D eigenvalue weighted by Gasteiger charge is -2.35. The number of furan rings is 1. The van der Waals surface area contributed by atoms with Crippen molar-refractivity contribution in [2.45, 2.75) is 45.7 Å². The molecule has 1 aromatic rings. The second kappa shape index (κ2) is 6.95. The van der Waals surface area contributed by atoms with E-state index in [4.69, 9.17) is 4.42 Å². The Balaban J connectivity index is 1.64. The highest BCUT2D eigenvalue weighted by molar-refractivity contribution is 4.97. The van der Waals surface area contributed by atoms with Crippen molar-refractivity contribution in [3.05, 3.63) is 24.2 Å². The lowest BCUT2D eigenvalue weighted by atomic mass is 9.94. The van der Waals surface area contributed by atoms with Crippen LogP contribution in [-0.4, -0.2) is 30.6 Å². The van der Waals surface area contributed by atoms with Crippen molar-refractivity contribution in [2.24, 2.45) is 5.92 Å². The molecular weight excluding hydrogens is 224 g/mol. The molecule has 1 atom stereocenters. The minimum absolute atomic E-state index is 0.623. The van der Waals surface area contributed by atoms with Gasteiger partial charge in [-0.1, -0.05) is 13.3 Å². The molecule has 0 bridgehead atoms. The fourth-order valence-corrected chi connectivity index (χ4v) is 2.75. The molecule has 1 aromatic heterocycles. The summed E-state index contributed by atoms with van der Waals surface area (Å²) in [5.74, 6) is 1.98. The molecule has 0 saturated carbocycles. The first-order chi connectivity index (χ1) is 8.79. The molecule has 0 amide bonds. The van der Waals surface area contributed by atoms with Gasteiger partial charge in [0.15, 0.2) is 0 Å². The maximum absolute atomic E-state index is 5.31. The van der Waals surface area contributed by atoms with Gasteiger partial charge in [0.05, 0.1) is 12.8 Å². The molecule has 2 rings (SSSR count). The summed E-state index contributed by atoms with van der Waals surface area (Å²) in [5, 5.41) is 3.47. The maximum atomic E-state index is 5.31. The van der Waals surface area contributed by atoms with Crippen molar-refractivity contribution in [2.75, 3.05) is 19.6 Å². The van der Waals surface area contributed by atoms with Crippen LogP contribution in [0, 0.1) is 5.92 Å². The average molecular weight is 250 g/mol. The van der Waals surface area contributed by atoms with Gasteiger partial charge in [-0.05, 0) is 50.9 Å². The Labute approximate surface area is 111 Å². The van der Waals surface area contributed by atoms with E-state index in [9.17, 15) is 0 Å². The highest BCUT2D eigenvalue weighted by atomic mass is 16.3. The Kier molecular flexibility index (Phi) is 5.26. The monoisotopic (exact) mass is 250 g/mol. The lowest BCUT2D eigenvalue weighted by molar-refractivity contribution is 0.137. The van der Waals surface area contributed by atoms with Crippen LogP contribution >= 0.6 is 0 Å². The first kappa shape index (κ1) is 13.6. The van der Waals surface area contributed by atoms with Crippen LogP contribution < -0.4 is 5.32 Å². The molecule has 18 heavy (non-hydrogen) atoms. The normalized spacial score (nSPS) is 20.1. The van der Waals surface area contributed by atoms with Crippen molar-refractivity contribution in [1.29, 1.82) is 0 Å². The van der Waals surface area contributed by atoms with Crippen LogP contribution in [0.3, 0.4) is 0 Å². The number of nitrogens with zero attached hydrogens (tertiary/aromatic N) is 1. The average Bonchev–Trinajstić information content (AvgIpc) is 2.92. The van der Waals surface area contributed by atoms with Gasteiger partial charge in [-0.2, -0.15) is 0 Å². The van der Waals surface area contributed by atoms with E-state index in [2.05, 4.69) is 24.1 Å². The molecule has 1 unspecified atom stereocenters. The van der Waals surface area contributed by atoms with E-state index in [0.717, 1.165) is 24.8 Å². The molecule has 0 aliphatic carbocycles. The van der Waals surface area contributed by atoms with Crippen molar-refractivity contribution < 1.29 is 4.42 Å². The summed E-state index contributed by atoms with van der Waals surface area (Å²) in [7, 11) is 0. The summed E-state index contributed by atoms with van der Waals surface area (Å²) >= 11 is 0. The number of nitrogens with one attached hydrogen (secondary N) is 1. The fraction of sp³-hybridized carbons (Fsp3) is 0.733. The molecule has 102 valence electrons. The van der Waals surface area contributed by atoms with Crippen molar-refractivity contribution in [3.8, 4) is 0 Å². The second-order valence-corrected chi connectivity index (χ2v) is 5.45. The van der Waals surface area contributed by atoms with E-state index in [1.54, 1.807) is 6.26 Å². The van der Waals surface area contributed by atoms with Gasteiger partial charge in [-0.15, -0.1) is 0 Å². The summed E-state index contributed by atoms with van der Waals surface area (Å²) in [6.45, 7) is 9.04. The van der Waals surface area contributed by atoms with Crippen LogP contribution in [0.25, 0.3) is 0 Å². The molecule has 1 N–H and O–H groups in total. The number of piperidine rings is 1. The van der Waals surface area contributed by atoms with Crippen molar-refractivity contribution in [1.82, 2.24) is 10.2 Å². The third-order valence-electron chi connectivity index (χ3n) is 4.17. The van der Waals surface area contributed by atoms with Crippen LogP contribution in [0.1, 0.15) is 38.9 Å². The Morgan fingerprint density at radius 2 is 2.22 bits per heavy atom. The highest BCUT2D eigenvalue weighted by Crippen LogP contribution is 2.21. The quantitative estimate of drug-likeness (QED) is 0.841. The van der Waals surface area contributed by atoms with Crippen molar-refractivity contribution >= 4 is 0 Å². The standard InChI is InChI=1S/C15H26N2O/c1-3-14-6-8-17(9-7-14)13(2)11-16-12-15-5-4-10-18-15/h4-5,10,13-14,16H,3,6-9,11-12H2,1-2H3. The topological polar surface area (TPSA) is 28.4 Å². The highest BCUT2D eigenvalue weighted by Gasteiger charge is 2.21. The zero-order valence-corrected chi connectivity index (χ0v) is 11.7. The Bertz CT molecular complexity index is 315. The van der Waals surface area contributed by atoms with Crippen LogP contribution in [0.5, 0.6) is 0 Å². The summed E-state index contributed by atoms with van der Waals surface area (Å²) in [5.41, 5.74) is 0. The minimum atomic E-state index is 0.623. The van der Waals surface area contributed by atoms with E-state index >= 15 is 0 Å². The fourth-order valence-electron chi connectivity index (χ4n) is 2.75. The number of rotatable bonds is 6. The SMILES string of the molecule is CCC1CCN(C(C)CNCc2ccco2)CC1. The summed E-state index contributed by atoms with van der Waals surface area (Å²) < 4.78 is 5.31. The smallest absolute Gasteiger partial charge is 0.117 e. The first-order valence-corrected chi connectivity index (χ1v) is 7.26. The van der Waals surface area contributed by atoms with E-state index in [1.165, 1.54) is 32.4 Å². The largest absolute Gasteiger partial charge is 0.468 e. The van der Waals surface area contributed by atoms with Gasteiger partial charge in [0.1, 0.15) is 5.76 Å². The molecule has 0 radical (unpaired) electrons. The van der Waals surface area contributed by atoms with E-state index in [1.807, 2.05) is 12.1 Å². The maximum Gasteiger partial charge on any atom is 0.117 e. The minimum Gasteiger partial charge on any atom is -0.468 e. The van der Waals surface area contributed by atoms with Gasteiger partial charge in [0, 0.05) is 12.6 Å². The number of hydrogen-bond donors (Lipinski definition) is 1. The van der Waals surface area contributed by atoms with Gasteiger partial charge < -0.3 is 9.73 Å². The number of hydrogen-bond acceptors (Lipinski definition) is 3. The zero-order valence-electron chi connectivity index (χ0n) is 11.7. The molecule has 0 spiro atoms. The van der Waals surface area contributed by atoms with E-state index in [0.29, 0.717) is 6.04 Å². The lowest BCUT2D eigenvalue weighted by Crippen LogP contribution is -2.44. The van der Waals surface area contributed by atoms with Crippen LogP contribution in [0.4, 0.5) is 0 Å². The Morgan fingerprint density at radius 3 is 2.83 bits per heavy atom. The summed E-state index contributed by atoms with van der Waals surface area (Å²) in [4.78, 5) is 2.61. The van der Waals surface area contributed by atoms with Crippen LogP contribution in [-0.2, 0) is 6.54 Å². The zero-order chi connectivity index (χ0) is 12.8. The number of likely N-dealkylation sites (tertiary alicyclic amines) is 1. The molecular formula is C15H26N2O. The predicted molar refractivity (Wildman–Crippen MR) is 74.5 cm³/mol. The molecule has 1 fully saturated rings. The molecule has 0 aromatic carbocycles. The Hall–Kier alpha value is -0.800. The van der Waals surface area contributed by atoms with E-state index < -0.39 is 0 Å². The van der Waals surface area contributed by atoms with Gasteiger partial charge in [-0.3, -0.25) is 4.90 Å². The van der Waals surface area contributed by atoms with Gasteiger partial charge >= 0.3 is 0 Å². The van der Waals surface area contributed by atoms with Crippen LogP contribution in [0.15, 0.2) is 22.8 Å².